The molecule has 11 heteroatoms. The van der Waals surface area contributed by atoms with E-state index in [9.17, 15) is 13.2 Å². The lowest BCUT2D eigenvalue weighted by atomic mass is 10.0. The van der Waals surface area contributed by atoms with Gasteiger partial charge < -0.3 is 10.2 Å². The number of anilines is 2. The molecule has 0 amide bonds. The number of aryl methyl sites for hydroxylation is 1. The van der Waals surface area contributed by atoms with Crippen molar-refractivity contribution in [3.8, 4) is 0 Å². The first kappa shape index (κ1) is 17.4. The van der Waals surface area contributed by atoms with Crippen LogP contribution >= 0.6 is 0 Å². The average molecular weight is 378 g/mol. The van der Waals surface area contributed by atoms with Gasteiger partial charge in [0.15, 0.2) is 5.65 Å². The fourth-order valence-corrected chi connectivity index (χ4v) is 3.20. The first-order valence-electron chi connectivity index (χ1n) is 8.45. The van der Waals surface area contributed by atoms with Crippen molar-refractivity contribution in [3.63, 3.8) is 0 Å². The Balaban J connectivity index is 1.43. The van der Waals surface area contributed by atoms with Gasteiger partial charge in [-0.2, -0.15) is 18.3 Å². The van der Waals surface area contributed by atoms with Crippen molar-refractivity contribution in [2.45, 2.75) is 25.1 Å². The third-order valence-electron chi connectivity index (χ3n) is 4.63. The Bertz CT molecular complexity index is 946. The topological polar surface area (TPSA) is 84.7 Å². The first-order valence-corrected chi connectivity index (χ1v) is 8.45. The van der Waals surface area contributed by atoms with Crippen molar-refractivity contribution in [3.05, 3.63) is 30.6 Å². The van der Waals surface area contributed by atoms with E-state index in [4.69, 9.17) is 0 Å². The van der Waals surface area contributed by atoms with Gasteiger partial charge in [0.1, 0.15) is 30.0 Å². The summed E-state index contributed by atoms with van der Waals surface area (Å²) in [6, 6.07) is 1.15. The number of hydrogen-bond acceptors (Lipinski definition) is 7. The van der Waals surface area contributed by atoms with E-state index < -0.39 is 11.9 Å². The molecule has 0 spiro atoms. The van der Waals surface area contributed by atoms with Crippen molar-refractivity contribution in [1.82, 2.24) is 29.7 Å². The van der Waals surface area contributed by atoms with E-state index in [-0.39, 0.29) is 6.04 Å². The lowest BCUT2D eigenvalue weighted by Gasteiger charge is -2.33. The highest BCUT2D eigenvalue weighted by molar-refractivity contribution is 5.86. The van der Waals surface area contributed by atoms with E-state index in [1.165, 1.54) is 6.33 Å². The minimum absolute atomic E-state index is 0.156. The Morgan fingerprint density at radius 1 is 1.07 bits per heavy atom. The zero-order valence-corrected chi connectivity index (χ0v) is 14.5. The van der Waals surface area contributed by atoms with Gasteiger partial charge in [-0.05, 0) is 12.8 Å². The van der Waals surface area contributed by atoms with Crippen molar-refractivity contribution in [2.75, 3.05) is 23.3 Å². The summed E-state index contributed by atoms with van der Waals surface area (Å²) in [4.78, 5) is 17.6. The van der Waals surface area contributed by atoms with Crippen LogP contribution in [0.15, 0.2) is 24.9 Å². The number of fused-ring (bicyclic) bond motifs is 1. The van der Waals surface area contributed by atoms with Crippen LogP contribution < -0.4 is 10.2 Å². The zero-order chi connectivity index (χ0) is 19.0. The van der Waals surface area contributed by atoms with Crippen molar-refractivity contribution in [2.24, 2.45) is 7.05 Å². The fraction of sp³-hybridized carbons (Fsp3) is 0.438. The van der Waals surface area contributed by atoms with Crippen LogP contribution in [0.1, 0.15) is 18.5 Å². The van der Waals surface area contributed by atoms with Crippen molar-refractivity contribution < 1.29 is 13.2 Å². The van der Waals surface area contributed by atoms with Gasteiger partial charge in [0, 0.05) is 32.2 Å². The maximum absolute atomic E-state index is 12.8. The molecule has 4 heterocycles. The van der Waals surface area contributed by atoms with Crippen molar-refractivity contribution >= 4 is 22.7 Å². The van der Waals surface area contributed by atoms with Crippen LogP contribution in [0.25, 0.3) is 11.0 Å². The predicted molar refractivity (Wildman–Crippen MR) is 92.2 cm³/mol. The van der Waals surface area contributed by atoms with Gasteiger partial charge in [0.2, 0.25) is 0 Å². The molecule has 0 unspecified atom stereocenters. The second kappa shape index (κ2) is 6.63. The Hall–Kier alpha value is -2.98. The molecule has 1 saturated heterocycles. The van der Waals surface area contributed by atoms with Crippen LogP contribution in [0.5, 0.6) is 0 Å². The van der Waals surface area contributed by atoms with Crippen molar-refractivity contribution in [1.29, 1.82) is 0 Å². The van der Waals surface area contributed by atoms with Crippen LogP contribution in [-0.2, 0) is 13.2 Å². The normalized spacial score (nSPS) is 16.1. The summed E-state index contributed by atoms with van der Waals surface area (Å²) < 4.78 is 40.2. The third kappa shape index (κ3) is 3.49. The quantitative estimate of drug-likeness (QED) is 0.748. The highest BCUT2D eigenvalue weighted by Crippen LogP contribution is 2.30. The summed E-state index contributed by atoms with van der Waals surface area (Å²) in [5.74, 6) is 1.01. The molecule has 1 fully saturated rings. The Morgan fingerprint density at radius 2 is 1.81 bits per heavy atom. The van der Waals surface area contributed by atoms with E-state index in [1.54, 1.807) is 10.9 Å². The Kier molecular flexibility index (Phi) is 4.28. The molecule has 8 nitrogen and oxygen atoms in total. The minimum atomic E-state index is -4.47. The monoisotopic (exact) mass is 378 g/mol. The predicted octanol–water partition coefficient (Wildman–Crippen LogP) is 2.25. The molecule has 0 atom stereocenters. The number of nitrogens with zero attached hydrogens (tertiary/aromatic N) is 7. The Morgan fingerprint density at radius 3 is 2.56 bits per heavy atom. The molecule has 1 N–H and O–H groups in total. The number of nitrogens with one attached hydrogen (secondary N) is 1. The Labute approximate surface area is 152 Å². The average Bonchev–Trinajstić information content (AvgIpc) is 3.04. The third-order valence-corrected chi connectivity index (χ3v) is 4.63. The SMILES string of the molecule is Cn1ncc2c(NC3CCN(c4cc(C(F)(F)F)ncn4)CC3)ncnc21. The van der Waals surface area contributed by atoms with Crippen LogP contribution in [0.2, 0.25) is 0 Å². The summed E-state index contributed by atoms with van der Waals surface area (Å²) in [6.45, 7) is 1.18. The number of alkyl halides is 3. The molecule has 0 aliphatic carbocycles. The lowest BCUT2D eigenvalue weighted by molar-refractivity contribution is -0.141. The maximum Gasteiger partial charge on any atom is 0.433 e. The zero-order valence-electron chi connectivity index (χ0n) is 14.5. The van der Waals surface area contributed by atoms with Gasteiger partial charge in [-0.15, -0.1) is 0 Å². The van der Waals surface area contributed by atoms with Crippen LogP contribution in [0.3, 0.4) is 0 Å². The molecular formula is C16H17F3N8. The number of hydrogen-bond donors (Lipinski definition) is 1. The molecule has 0 radical (unpaired) electrons. The molecular weight excluding hydrogens is 361 g/mol. The molecule has 142 valence electrons. The van der Waals surface area contributed by atoms with Gasteiger partial charge in [-0.1, -0.05) is 0 Å². The second-order valence-electron chi connectivity index (χ2n) is 6.39. The summed E-state index contributed by atoms with van der Waals surface area (Å²) in [5.41, 5.74) is -0.182. The number of aromatic nitrogens is 6. The molecule has 27 heavy (non-hydrogen) atoms. The summed E-state index contributed by atoms with van der Waals surface area (Å²) in [6.07, 6.45) is 1.18. The van der Waals surface area contributed by atoms with Gasteiger partial charge in [-0.25, -0.2) is 19.9 Å². The van der Waals surface area contributed by atoms with E-state index in [0.717, 1.165) is 36.3 Å². The minimum Gasteiger partial charge on any atom is -0.366 e. The highest BCUT2D eigenvalue weighted by Gasteiger charge is 2.33. The summed E-state index contributed by atoms with van der Waals surface area (Å²) >= 11 is 0. The molecule has 3 aromatic rings. The van der Waals surface area contributed by atoms with Crippen LogP contribution in [0.4, 0.5) is 24.8 Å². The van der Waals surface area contributed by atoms with E-state index >= 15 is 0 Å². The highest BCUT2D eigenvalue weighted by atomic mass is 19.4. The van der Waals surface area contributed by atoms with Gasteiger partial charge in [0.25, 0.3) is 0 Å². The molecule has 3 aromatic heterocycles. The molecule has 0 saturated carbocycles. The number of rotatable bonds is 3. The molecule has 4 rings (SSSR count). The molecule has 1 aliphatic rings. The van der Waals surface area contributed by atoms with E-state index in [0.29, 0.717) is 24.7 Å². The van der Waals surface area contributed by atoms with Crippen LogP contribution in [0, 0.1) is 0 Å². The summed E-state index contributed by atoms with van der Waals surface area (Å²) in [7, 11) is 1.81. The second-order valence-corrected chi connectivity index (χ2v) is 6.39. The maximum atomic E-state index is 12.8. The largest absolute Gasteiger partial charge is 0.433 e. The molecule has 0 bridgehead atoms. The van der Waals surface area contributed by atoms with E-state index in [2.05, 4.69) is 30.4 Å². The fourth-order valence-electron chi connectivity index (χ4n) is 3.20. The summed E-state index contributed by atoms with van der Waals surface area (Å²) in [5, 5.41) is 8.43. The standard InChI is InChI=1S/C16H17F3N8/c1-26-15-11(7-24-26)14(22-9-23-15)25-10-2-4-27(5-3-10)13-6-12(16(17,18)19)20-8-21-13/h6-10H,2-5H2,1H3,(H,22,23,25). The number of halogens is 3. The lowest BCUT2D eigenvalue weighted by Crippen LogP contribution is -2.39. The first-order chi connectivity index (χ1) is 12.9. The van der Waals surface area contributed by atoms with Gasteiger partial charge >= 0.3 is 6.18 Å². The van der Waals surface area contributed by atoms with E-state index in [1.807, 2.05) is 11.9 Å². The van der Waals surface area contributed by atoms with Gasteiger partial charge in [0.05, 0.1) is 11.6 Å². The molecule has 0 aromatic carbocycles. The smallest absolute Gasteiger partial charge is 0.366 e. The molecule has 1 aliphatic heterocycles. The number of piperidine rings is 1. The van der Waals surface area contributed by atoms with Gasteiger partial charge in [-0.3, -0.25) is 4.68 Å². The van der Waals surface area contributed by atoms with Crippen LogP contribution in [-0.4, -0.2) is 48.8 Å².